The zero-order valence-corrected chi connectivity index (χ0v) is 13.8. The number of carbonyl (C=O) groups is 2. The Morgan fingerprint density at radius 2 is 1.67 bits per heavy atom. The first kappa shape index (κ1) is 17.9. The summed E-state index contributed by atoms with van der Waals surface area (Å²) in [5, 5.41) is -0.143. The average Bonchev–Trinajstić information content (AvgIpc) is 2.54. The minimum absolute atomic E-state index is 0.0974. The van der Waals surface area contributed by atoms with Crippen LogP contribution in [0.3, 0.4) is 0 Å². The molecular formula is C15H11ClO7S. The SMILES string of the molecule is COc1c(Cl)ccc(C(=O)OC(=O)c2ccccc2)c1S(=O)(=O)O. The van der Waals surface area contributed by atoms with Gasteiger partial charge >= 0.3 is 11.9 Å². The van der Waals surface area contributed by atoms with Crippen molar-refractivity contribution >= 4 is 33.7 Å². The molecule has 24 heavy (non-hydrogen) atoms. The fourth-order valence-electron chi connectivity index (χ4n) is 1.92. The normalized spacial score (nSPS) is 11.0. The van der Waals surface area contributed by atoms with E-state index in [9.17, 15) is 22.6 Å². The number of methoxy groups -OCH3 is 1. The van der Waals surface area contributed by atoms with Crippen LogP contribution in [0.25, 0.3) is 0 Å². The number of halogens is 1. The standard InChI is InChI=1S/C15H11ClO7S/c1-22-12-11(16)8-7-10(13(12)24(19,20)21)15(18)23-14(17)9-5-3-2-4-6-9/h2-8H,1H3,(H,19,20,21). The third kappa shape index (κ3) is 3.73. The molecule has 0 saturated heterocycles. The van der Waals surface area contributed by atoms with Crippen LogP contribution >= 0.6 is 11.6 Å². The molecule has 7 nitrogen and oxygen atoms in total. The number of benzene rings is 2. The molecule has 0 unspecified atom stereocenters. The highest BCUT2D eigenvalue weighted by atomic mass is 35.5. The van der Waals surface area contributed by atoms with Gasteiger partial charge < -0.3 is 9.47 Å². The van der Waals surface area contributed by atoms with E-state index in [1.807, 2.05) is 0 Å². The van der Waals surface area contributed by atoms with Gasteiger partial charge in [0.2, 0.25) is 0 Å². The second-order valence-electron chi connectivity index (χ2n) is 4.48. The quantitative estimate of drug-likeness (QED) is 0.500. The molecule has 0 radical (unpaired) electrons. The topological polar surface area (TPSA) is 107 Å². The van der Waals surface area contributed by atoms with Crippen LogP contribution < -0.4 is 4.74 Å². The van der Waals surface area contributed by atoms with Crippen LogP contribution in [-0.4, -0.2) is 32.0 Å². The zero-order chi connectivity index (χ0) is 17.9. The molecule has 0 aliphatic rings. The molecule has 9 heteroatoms. The van der Waals surface area contributed by atoms with E-state index >= 15 is 0 Å². The summed E-state index contributed by atoms with van der Waals surface area (Å²) in [6, 6.07) is 9.82. The minimum atomic E-state index is -4.87. The lowest BCUT2D eigenvalue weighted by atomic mass is 10.2. The molecule has 0 saturated carbocycles. The van der Waals surface area contributed by atoms with Crippen LogP contribution in [0.2, 0.25) is 5.02 Å². The van der Waals surface area contributed by atoms with Crippen LogP contribution in [-0.2, 0) is 14.9 Å². The molecule has 126 valence electrons. The third-order valence-electron chi connectivity index (χ3n) is 2.94. The fraction of sp³-hybridized carbons (Fsp3) is 0.0667. The van der Waals surface area contributed by atoms with Gasteiger partial charge in [-0.25, -0.2) is 9.59 Å². The Labute approximate surface area is 142 Å². The largest absolute Gasteiger partial charge is 0.494 e. The van der Waals surface area contributed by atoms with Crippen LogP contribution in [0.5, 0.6) is 5.75 Å². The van der Waals surface area contributed by atoms with Gasteiger partial charge in [0.1, 0.15) is 0 Å². The van der Waals surface area contributed by atoms with E-state index in [1.54, 1.807) is 18.2 Å². The van der Waals surface area contributed by atoms with Crippen molar-refractivity contribution in [2.75, 3.05) is 7.11 Å². The Balaban J connectivity index is 2.45. The van der Waals surface area contributed by atoms with Gasteiger partial charge in [-0.05, 0) is 24.3 Å². The minimum Gasteiger partial charge on any atom is -0.494 e. The third-order valence-corrected chi connectivity index (χ3v) is 4.16. The van der Waals surface area contributed by atoms with E-state index in [4.69, 9.17) is 16.3 Å². The van der Waals surface area contributed by atoms with Crippen molar-refractivity contribution in [1.29, 1.82) is 0 Å². The number of carbonyl (C=O) groups excluding carboxylic acids is 2. The number of hydrogen-bond acceptors (Lipinski definition) is 6. The van der Waals surface area contributed by atoms with Gasteiger partial charge in [0, 0.05) is 0 Å². The van der Waals surface area contributed by atoms with Gasteiger partial charge in [-0.15, -0.1) is 0 Å². The van der Waals surface area contributed by atoms with Crippen molar-refractivity contribution in [1.82, 2.24) is 0 Å². The molecule has 0 aliphatic heterocycles. The van der Waals surface area contributed by atoms with Crippen LogP contribution in [0, 0.1) is 0 Å². The van der Waals surface area contributed by atoms with Crippen molar-refractivity contribution in [3.63, 3.8) is 0 Å². The lowest BCUT2D eigenvalue weighted by Gasteiger charge is -2.12. The van der Waals surface area contributed by atoms with Crippen molar-refractivity contribution in [3.05, 3.63) is 58.6 Å². The number of hydrogen-bond donors (Lipinski definition) is 1. The lowest BCUT2D eigenvalue weighted by molar-refractivity contribution is 0.0394. The second-order valence-corrected chi connectivity index (χ2v) is 6.24. The molecule has 0 bridgehead atoms. The average molecular weight is 371 g/mol. The number of rotatable bonds is 4. The Hall–Kier alpha value is -2.42. The summed E-state index contributed by atoms with van der Waals surface area (Å²) in [6.45, 7) is 0. The predicted octanol–water partition coefficient (Wildman–Crippen LogP) is 2.59. The summed E-state index contributed by atoms with van der Waals surface area (Å²) in [5.41, 5.74) is -0.483. The maximum atomic E-state index is 12.2. The van der Waals surface area contributed by atoms with Crippen molar-refractivity contribution in [2.24, 2.45) is 0 Å². The van der Waals surface area contributed by atoms with E-state index in [1.165, 1.54) is 18.2 Å². The Kier molecular flexibility index (Phi) is 5.23. The van der Waals surface area contributed by atoms with Crippen molar-refractivity contribution in [3.8, 4) is 5.75 Å². The summed E-state index contributed by atoms with van der Waals surface area (Å²) >= 11 is 5.79. The second kappa shape index (κ2) is 7.00. The van der Waals surface area contributed by atoms with Gasteiger partial charge in [0.25, 0.3) is 10.1 Å². The molecule has 0 fully saturated rings. The van der Waals surface area contributed by atoms with Gasteiger partial charge in [0.15, 0.2) is 10.6 Å². The van der Waals surface area contributed by atoms with E-state index in [-0.39, 0.29) is 10.6 Å². The first-order valence-electron chi connectivity index (χ1n) is 6.41. The van der Waals surface area contributed by atoms with Crippen molar-refractivity contribution < 1.29 is 32.0 Å². The summed E-state index contributed by atoms with van der Waals surface area (Å²) in [4.78, 5) is 23.2. The van der Waals surface area contributed by atoms with E-state index in [0.29, 0.717) is 0 Å². The predicted molar refractivity (Wildman–Crippen MR) is 84.0 cm³/mol. The van der Waals surface area contributed by atoms with Crippen molar-refractivity contribution in [2.45, 2.75) is 4.90 Å². The molecule has 0 aromatic heterocycles. The van der Waals surface area contributed by atoms with E-state index < -0.39 is 38.3 Å². The number of esters is 2. The Bertz CT molecular complexity index is 892. The molecular weight excluding hydrogens is 360 g/mol. The fourth-order valence-corrected chi connectivity index (χ4v) is 3.07. The molecule has 2 aromatic carbocycles. The molecule has 2 aromatic rings. The lowest BCUT2D eigenvalue weighted by Crippen LogP contribution is -2.17. The maximum Gasteiger partial charge on any atom is 0.347 e. The highest BCUT2D eigenvalue weighted by Gasteiger charge is 2.29. The summed E-state index contributed by atoms with van der Waals surface area (Å²) in [6.07, 6.45) is 0. The summed E-state index contributed by atoms with van der Waals surface area (Å²) in [7, 11) is -3.75. The number of ether oxygens (including phenoxy) is 2. The van der Waals surface area contributed by atoms with E-state index in [2.05, 4.69) is 4.74 Å². The van der Waals surface area contributed by atoms with E-state index in [0.717, 1.165) is 13.2 Å². The molecule has 0 amide bonds. The van der Waals surface area contributed by atoms with Crippen LogP contribution in [0.4, 0.5) is 0 Å². The zero-order valence-electron chi connectivity index (χ0n) is 12.2. The molecule has 0 atom stereocenters. The molecule has 0 heterocycles. The van der Waals surface area contributed by atoms with Crippen LogP contribution in [0.1, 0.15) is 20.7 Å². The smallest absolute Gasteiger partial charge is 0.347 e. The Morgan fingerprint density at radius 1 is 1.04 bits per heavy atom. The van der Waals surface area contributed by atoms with Gasteiger partial charge in [-0.1, -0.05) is 29.8 Å². The molecule has 0 spiro atoms. The molecule has 0 aliphatic carbocycles. The Morgan fingerprint density at radius 3 is 2.21 bits per heavy atom. The monoisotopic (exact) mass is 370 g/mol. The highest BCUT2D eigenvalue weighted by molar-refractivity contribution is 7.86. The van der Waals surface area contributed by atoms with Gasteiger partial charge in [-0.3, -0.25) is 4.55 Å². The maximum absolute atomic E-state index is 12.2. The molecule has 2 rings (SSSR count). The highest BCUT2D eigenvalue weighted by Crippen LogP contribution is 2.35. The molecule has 1 N–H and O–H groups in total. The first-order chi connectivity index (χ1) is 11.3. The van der Waals surface area contributed by atoms with Gasteiger partial charge in [0.05, 0.1) is 23.3 Å². The first-order valence-corrected chi connectivity index (χ1v) is 8.23. The van der Waals surface area contributed by atoms with Crippen LogP contribution in [0.15, 0.2) is 47.4 Å². The van der Waals surface area contributed by atoms with Gasteiger partial charge in [-0.2, -0.15) is 8.42 Å². The summed E-state index contributed by atoms with van der Waals surface area (Å²) < 4.78 is 42.0. The summed E-state index contributed by atoms with van der Waals surface area (Å²) in [5.74, 6) is -2.68.